The number of aromatic nitrogens is 6. The van der Waals surface area contributed by atoms with Crippen LogP contribution in [-0.4, -0.2) is 69.5 Å². The van der Waals surface area contributed by atoms with Crippen LogP contribution in [0.15, 0.2) is 110 Å². The third kappa shape index (κ3) is 15.3. The molecule has 6 aromatic rings. The lowest BCUT2D eigenvalue weighted by molar-refractivity contribution is 0.726. The van der Waals surface area contributed by atoms with Gasteiger partial charge in [-0.15, -0.1) is 0 Å². The van der Waals surface area contributed by atoms with Gasteiger partial charge >= 0.3 is 0 Å². The lowest BCUT2D eigenvalue weighted by atomic mass is 10.1. The number of rotatable bonds is 3. The zero-order valence-electron chi connectivity index (χ0n) is 44.5. The molecule has 384 valence electrons. The van der Waals surface area contributed by atoms with Crippen molar-refractivity contribution in [2.45, 2.75) is 165 Å². The summed E-state index contributed by atoms with van der Waals surface area (Å²) in [4.78, 5) is 39.2. The molecule has 0 N–H and O–H groups in total. The SMILES string of the molecule is C.C.C.CC.CC.CC.CC.CC.CC.Cc1ccccc1N1c2cncnc2N(C)[C@@H]1C.Cc1ccccc1N1c2nccnc2N(C)[C@@H]1C.Cc1ccccc1N1c2ncncc2N(C)[C@@H]1C. The quantitative estimate of drug-likeness (QED) is 0.169. The van der Waals surface area contributed by atoms with E-state index in [2.05, 4.69) is 195 Å². The molecular formula is C57H96N12. The Bertz CT molecular complexity index is 2000. The fraction of sp³-hybridized carbons (Fsp3) is 0.474. The number of nitrogens with zero attached hydrogens (tertiary/aromatic N) is 12. The van der Waals surface area contributed by atoms with Crippen LogP contribution in [0.25, 0.3) is 0 Å². The third-order valence-corrected chi connectivity index (χ3v) is 10.7. The molecule has 9 rings (SSSR count). The van der Waals surface area contributed by atoms with E-state index in [1.54, 1.807) is 25.0 Å². The van der Waals surface area contributed by atoms with Crippen LogP contribution >= 0.6 is 0 Å². The normalized spacial score (nSPS) is 14.7. The Kier molecular flexibility index (Phi) is 33.9. The predicted molar refractivity (Wildman–Crippen MR) is 308 cm³/mol. The summed E-state index contributed by atoms with van der Waals surface area (Å²) in [6.45, 7) is 36.9. The van der Waals surface area contributed by atoms with Crippen molar-refractivity contribution in [2.24, 2.45) is 0 Å². The average molecular weight is 949 g/mol. The first-order valence-corrected chi connectivity index (χ1v) is 24.2. The molecule has 3 aromatic carbocycles. The molecule has 0 saturated carbocycles. The highest BCUT2D eigenvalue weighted by Crippen LogP contribution is 2.44. The molecule has 0 fully saturated rings. The van der Waals surface area contributed by atoms with Crippen molar-refractivity contribution in [3.63, 3.8) is 0 Å². The lowest BCUT2D eigenvalue weighted by Crippen LogP contribution is -2.36. The van der Waals surface area contributed by atoms with E-state index in [1.165, 1.54) is 33.8 Å². The van der Waals surface area contributed by atoms with Gasteiger partial charge < -0.3 is 29.4 Å². The molecule has 6 heterocycles. The predicted octanol–water partition coefficient (Wildman–Crippen LogP) is 16.2. The number of benzene rings is 3. The van der Waals surface area contributed by atoms with Crippen molar-refractivity contribution in [3.8, 4) is 0 Å². The van der Waals surface area contributed by atoms with E-state index in [-0.39, 0.29) is 40.8 Å². The van der Waals surface area contributed by atoms with Crippen molar-refractivity contribution in [3.05, 3.63) is 127 Å². The highest BCUT2D eigenvalue weighted by Gasteiger charge is 2.36. The Morgan fingerprint density at radius 3 is 1.10 bits per heavy atom. The molecule has 0 bridgehead atoms. The summed E-state index contributed by atoms with van der Waals surface area (Å²) in [5.41, 5.74) is 9.51. The van der Waals surface area contributed by atoms with E-state index in [0.717, 1.165) is 34.6 Å². The van der Waals surface area contributed by atoms with E-state index in [1.807, 2.05) is 95.5 Å². The van der Waals surface area contributed by atoms with Crippen LogP contribution in [0, 0.1) is 20.8 Å². The van der Waals surface area contributed by atoms with Gasteiger partial charge in [0, 0.05) is 50.6 Å². The molecule has 0 saturated heterocycles. The summed E-state index contributed by atoms with van der Waals surface area (Å²) < 4.78 is 0. The van der Waals surface area contributed by atoms with Gasteiger partial charge in [0.25, 0.3) is 0 Å². The molecule has 0 spiro atoms. The van der Waals surface area contributed by atoms with E-state index in [0.29, 0.717) is 0 Å². The first-order chi connectivity index (χ1) is 32.1. The van der Waals surface area contributed by atoms with Crippen LogP contribution in [0.5, 0.6) is 0 Å². The molecule has 3 aliphatic rings. The second-order valence-electron chi connectivity index (χ2n) is 13.9. The average Bonchev–Trinajstić information content (AvgIpc) is 3.91. The molecule has 12 nitrogen and oxygen atoms in total. The minimum atomic E-state index is 0. The summed E-state index contributed by atoms with van der Waals surface area (Å²) in [6, 6.07) is 25.1. The maximum atomic E-state index is 4.48. The number of fused-ring (bicyclic) bond motifs is 3. The van der Waals surface area contributed by atoms with Crippen molar-refractivity contribution in [1.82, 2.24) is 29.9 Å². The Balaban J connectivity index is -0.000000836. The summed E-state index contributed by atoms with van der Waals surface area (Å²) in [5.74, 6) is 3.84. The maximum Gasteiger partial charge on any atom is 0.178 e. The molecule has 0 unspecified atom stereocenters. The number of anilines is 9. The zero-order chi connectivity index (χ0) is 50.1. The molecule has 0 amide bonds. The topological polar surface area (TPSA) is 96.8 Å². The van der Waals surface area contributed by atoms with Crippen LogP contribution in [-0.2, 0) is 0 Å². The van der Waals surface area contributed by atoms with Gasteiger partial charge in [0.05, 0.1) is 12.4 Å². The van der Waals surface area contributed by atoms with Gasteiger partial charge in [-0.2, -0.15) is 0 Å². The standard InChI is InChI=1S/3C14H16N4.6C2H6.3CH4/c1-10-6-4-5-7-12(10)18-11(2)17(3)14-13(18)8-15-9-16-14;1-10-6-4-5-7-12(10)18-11(2)17(3)13-8-15-9-16-14(13)18;1-10-6-4-5-7-12(10)18-11(2)17(3)13-14(18)16-9-8-15-13;6*1-2;;;/h3*4-9,11H,1-3H3;6*1-2H3;3*1H4/t3*11-;;;;;;;;;/m000........./s1. The number of aryl methyl sites for hydroxylation is 3. The molecule has 0 aliphatic carbocycles. The first-order valence-electron chi connectivity index (χ1n) is 24.2. The van der Waals surface area contributed by atoms with E-state index in [4.69, 9.17) is 0 Å². The van der Waals surface area contributed by atoms with Crippen molar-refractivity contribution < 1.29 is 0 Å². The van der Waals surface area contributed by atoms with Gasteiger partial charge in [-0.3, -0.25) is 0 Å². The number of hydrogen-bond donors (Lipinski definition) is 0. The maximum absolute atomic E-state index is 4.48. The van der Waals surface area contributed by atoms with Gasteiger partial charge in [-0.25, -0.2) is 29.9 Å². The Labute approximate surface area is 422 Å². The van der Waals surface area contributed by atoms with Gasteiger partial charge in [0.1, 0.15) is 42.5 Å². The molecule has 3 aromatic heterocycles. The van der Waals surface area contributed by atoms with E-state index < -0.39 is 0 Å². The number of para-hydroxylation sites is 3. The zero-order valence-corrected chi connectivity index (χ0v) is 44.5. The highest BCUT2D eigenvalue weighted by atomic mass is 15.5. The lowest BCUT2D eigenvalue weighted by Gasteiger charge is -2.28. The van der Waals surface area contributed by atoms with Crippen LogP contribution in [0.4, 0.5) is 51.7 Å². The largest absolute Gasteiger partial charge is 0.350 e. The molecular weight excluding hydrogens is 853 g/mol. The summed E-state index contributed by atoms with van der Waals surface area (Å²) in [6.07, 6.45) is 11.2. The van der Waals surface area contributed by atoms with Crippen LogP contribution in [0.3, 0.4) is 0 Å². The fourth-order valence-electron chi connectivity index (χ4n) is 7.34. The molecule has 12 heteroatoms. The third-order valence-electron chi connectivity index (χ3n) is 10.7. The Morgan fingerprint density at radius 1 is 0.348 bits per heavy atom. The summed E-state index contributed by atoms with van der Waals surface area (Å²) in [7, 11) is 6.19. The fourth-order valence-corrected chi connectivity index (χ4v) is 7.34. The highest BCUT2D eigenvalue weighted by molar-refractivity contribution is 5.82. The van der Waals surface area contributed by atoms with Crippen LogP contribution < -0.4 is 29.4 Å². The van der Waals surface area contributed by atoms with Crippen molar-refractivity contribution >= 4 is 51.7 Å². The van der Waals surface area contributed by atoms with Gasteiger partial charge in [0.15, 0.2) is 23.3 Å². The van der Waals surface area contributed by atoms with E-state index >= 15 is 0 Å². The second kappa shape index (κ2) is 34.9. The second-order valence-corrected chi connectivity index (χ2v) is 13.9. The smallest absolute Gasteiger partial charge is 0.178 e. The van der Waals surface area contributed by atoms with Gasteiger partial charge in [0.2, 0.25) is 0 Å². The van der Waals surface area contributed by atoms with Crippen LogP contribution in [0.2, 0.25) is 0 Å². The molecule has 69 heavy (non-hydrogen) atoms. The monoisotopic (exact) mass is 949 g/mol. The summed E-state index contributed by atoms with van der Waals surface area (Å²) in [5, 5.41) is 0. The number of hydrogen-bond acceptors (Lipinski definition) is 12. The Hall–Kier alpha value is -6.30. The summed E-state index contributed by atoms with van der Waals surface area (Å²) >= 11 is 0. The van der Waals surface area contributed by atoms with Gasteiger partial charge in [-0.1, -0.05) is 160 Å². The van der Waals surface area contributed by atoms with Crippen molar-refractivity contribution in [2.75, 3.05) is 50.5 Å². The molecule has 3 atom stereocenters. The van der Waals surface area contributed by atoms with Crippen LogP contribution in [0.1, 0.15) is 143 Å². The van der Waals surface area contributed by atoms with Gasteiger partial charge in [-0.05, 0) is 76.4 Å². The minimum Gasteiger partial charge on any atom is -0.350 e. The van der Waals surface area contributed by atoms with Crippen molar-refractivity contribution in [1.29, 1.82) is 0 Å². The minimum absolute atomic E-state index is 0. The van der Waals surface area contributed by atoms with E-state index in [9.17, 15) is 0 Å². The Morgan fingerprint density at radius 2 is 0.667 bits per heavy atom. The molecule has 0 radical (unpaired) electrons. The molecule has 3 aliphatic heterocycles. The first kappa shape index (κ1) is 67.0.